The molecule has 0 spiro atoms. The Hall–Kier alpha value is -3.48. The van der Waals surface area contributed by atoms with E-state index in [9.17, 15) is 19.2 Å². The van der Waals surface area contributed by atoms with Crippen molar-refractivity contribution in [3.8, 4) is 0 Å². The number of benzene rings is 4. The van der Waals surface area contributed by atoms with Crippen molar-refractivity contribution in [3.63, 3.8) is 0 Å². The maximum atomic E-state index is 12.0. The molecule has 0 aliphatic rings. The van der Waals surface area contributed by atoms with Gasteiger partial charge in [0.05, 0.1) is 102 Å². The smallest absolute Gasteiger partial charge is 0.338 e. The lowest BCUT2D eigenvalue weighted by Crippen LogP contribution is -2.51. The summed E-state index contributed by atoms with van der Waals surface area (Å²) < 4.78 is 25.3. The fraction of sp³-hybridized carbons (Fsp3) is 0.576. The number of hydrogen-bond acceptors (Lipinski definition) is 8. The minimum Gasteiger partial charge on any atom is -0.456 e. The maximum absolute atomic E-state index is 12.0. The maximum Gasteiger partial charge on any atom is 0.338 e. The highest BCUT2D eigenvalue weighted by molar-refractivity contribution is 9.09. The quantitative estimate of drug-likeness (QED) is 0.0220. The van der Waals surface area contributed by atoms with Gasteiger partial charge in [-0.1, -0.05) is 171 Å². The summed E-state index contributed by atoms with van der Waals surface area (Å²) >= 11 is 11.8. The van der Waals surface area contributed by atoms with Crippen LogP contribution in [-0.2, 0) is 18.9 Å². The van der Waals surface area contributed by atoms with Gasteiger partial charge >= 0.3 is 23.9 Å². The van der Waals surface area contributed by atoms with Crippen molar-refractivity contribution in [1.29, 1.82) is 0 Å². The summed E-state index contributed by atoms with van der Waals surface area (Å²) in [5.41, 5.74) is 2.50. The largest absolute Gasteiger partial charge is 0.456 e. The molecule has 468 valence electrons. The van der Waals surface area contributed by atoms with Crippen LogP contribution < -0.4 is 0 Å². The molecular weight excluding hydrogens is 1300 g/mol. The number of rotatable bonds is 30. The SMILES string of the molecule is CBr.CBr.CBr.CBr.CCCC[N+](CC)(CCC)CCOC(=O)c1ccccc1.CCC[N+](CC)(CCC)CCOC(=O)c1ccccc1.CC[N+](CC)(CC)CCOC(=O)c1ccccc1.C[N+](C)(C)CCOC(=O)c1ccccc1. The van der Waals surface area contributed by atoms with Crippen molar-refractivity contribution in [2.75, 3.05) is 156 Å². The lowest BCUT2D eigenvalue weighted by molar-refractivity contribution is -0.926. The Morgan fingerprint density at radius 3 is 0.732 bits per heavy atom. The number of hydrogen-bond donors (Lipinski definition) is 0. The van der Waals surface area contributed by atoms with Gasteiger partial charge in [0.15, 0.2) is 0 Å². The molecule has 4 rings (SSSR count). The van der Waals surface area contributed by atoms with E-state index in [4.69, 9.17) is 18.9 Å². The molecule has 12 nitrogen and oxygen atoms in total. The number of likely N-dealkylation sites (N-methyl/N-ethyl adjacent to an activating group) is 4. The topological polar surface area (TPSA) is 105 Å². The van der Waals surface area contributed by atoms with E-state index >= 15 is 0 Å². The summed E-state index contributed by atoms with van der Waals surface area (Å²) in [5, 5.41) is 0. The summed E-state index contributed by atoms with van der Waals surface area (Å²) in [4.78, 5) is 47.1. The fourth-order valence-corrected chi connectivity index (χ4v) is 8.72. The van der Waals surface area contributed by atoms with Crippen molar-refractivity contribution in [1.82, 2.24) is 0 Å². The Morgan fingerprint density at radius 2 is 0.524 bits per heavy atom. The first-order valence-corrected chi connectivity index (χ1v) is 35.6. The summed E-state index contributed by atoms with van der Waals surface area (Å²) in [6.45, 7) is 35.5. The number of carbonyl (C=O) groups is 4. The molecule has 0 fully saturated rings. The van der Waals surface area contributed by atoms with E-state index in [1.807, 2.05) is 96.1 Å². The summed E-state index contributed by atoms with van der Waals surface area (Å²) in [7, 11) is 6.20. The number of esters is 4. The van der Waals surface area contributed by atoms with Crippen LogP contribution in [0.1, 0.15) is 136 Å². The second kappa shape index (κ2) is 55.4. The summed E-state index contributed by atoms with van der Waals surface area (Å²) in [6, 6.07) is 36.6. The Morgan fingerprint density at radius 1 is 0.305 bits per heavy atom. The molecule has 0 aliphatic carbocycles. The average molecular weight is 1410 g/mol. The van der Waals surface area contributed by atoms with Gasteiger partial charge in [-0.2, -0.15) is 0 Å². The van der Waals surface area contributed by atoms with E-state index in [-0.39, 0.29) is 23.9 Å². The van der Waals surface area contributed by atoms with Gasteiger partial charge in [0.2, 0.25) is 0 Å². The normalized spacial score (nSPS) is 11.1. The molecule has 1 atom stereocenters. The van der Waals surface area contributed by atoms with Crippen LogP contribution in [0.15, 0.2) is 121 Å². The van der Waals surface area contributed by atoms with Gasteiger partial charge in [-0.25, -0.2) is 19.2 Å². The number of nitrogens with zero attached hydrogens (tertiary/aromatic N) is 4. The molecule has 0 aliphatic heterocycles. The second-order valence-corrected chi connectivity index (χ2v) is 20.0. The molecule has 0 amide bonds. The number of quaternary nitrogens is 4. The number of carbonyl (C=O) groups excluding carboxylic acids is 4. The highest BCUT2D eigenvalue weighted by Gasteiger charge is 2.26. The molecule has 16 heteroatoms. The van der Waals surface area contributed by atoms with Crippen molar-refractivity contribution < 1.29 is 56.1 Å². The summed E-state index contributed by atoms with van der Waals surface area (Å²) in [6.07, 6.45) is 5.96. The number of alkyl halides is 4. The molecule has 0 heterocycles. The van der Waals surface area contributed by atoms with E-state index in [0.29, 0.717) is 48.7 Å². The minimum absolute atomic E-state index is 0.211. The van der Waals surface area contributed by atoms with Crippen molar-refractivity contribution >= 4 is 87.6 Å². The molecule has 0 saturated heterocycles. The van der Waals surface area contributed by atoms with Crippen LogP contribution in [0, 0.1) is 0 Å². The molecule has 0 bridgehead atoms. The zero-order valence-corrected chi connectivity index (χ0v) is 60.0. The average Bonchev–Trinajstić information content (AvgIpc) is 3.52. The van der Waals surface area contributed by atoms with Gasteiger partial charge in [-0.15, -0.1) is 0 Å². The van der Waals surface area contributed by atoms with Crippen molar-refractivity contribution in [3.05, 3.63) is 144 Å². The number of unbranched alkanes of at least 4 members (excludes halogenated alkanes) is 1. The van der Waals surface area contributed by atoms with Crippen molar-refractivity contribution in [2.24, 2.45) is 0 Å². The Bertz CT molecular complexity index is 2070. The fourth-order valence-electron chi connectivity index (χ4n) is 8.72. The lowest BCUT2D eigenvalue weighted by Gasteiger charge is -2.37. The number of halogens is 4. The van der Waals surface area contributed by atoms with Crippen LogP contribution in [0.25, 0.3) is 0 Å². The molecule has 82 heavy (non-hydrogen) atoms. The van der Waals surface area contributed by atoms with Crippen molar-refractivity contribution in [2.45, 2.75) is 94.4 Å². The van der Waals surface area contributed by atoms with Crippen LogP contribution in [0.3, 0.4) is 0 Å². The molecule has 0 N–H and O–H groups in total. The predicted octanol–water partition coefficient (Wildman–Crippen LogP) is 15.7. The first-order chi connectivity index (χ1) is 39.5. The van der Waals surface area contributed by atoms with Crippen LogP contribution in [-0.4, -0.2) is 198 Å². The first kappa shape index (κ1) is 85.0. The Kier molecular flexibility index (Phi) is 57.4. The molecule has 0 radical (unpaired) electrons. The van der Waals surface area contributed by atoms with E-state index in [0.717, 1.165) is 89.9 Å². The highest BCUT2D eigenvalue weighted by atomic mass is 79.9. The summed E-state index contributed by atoms with van der Waals surface area (Å²) in [5.74, 6) is 6.35. The zero-order chi connectivity index (χ0) is 63.1. The van der Waals surface area contributed by atoms with Crippen LogP contribution in [0.4, 0.5) is 0 Å². The molecule has 4 aromatic carbocycles. The van der Waals surface area contributed by atoms with Gasteiger partial charge < -0.3 is 36.9 Å². The molecule has 4 aromatic rings. The molecule has 0 aromatic heterocycles. The predicted molar refractivity (Wildman–Crippen MR) is 363 cm³/mol. The molecule has 0 saturated carbocycles. The lowest BCUT2D eigenvalue weighted by atomic mass is 10.2. The standard InChI is InChI=1S/C18H30NO2.C17H28NO2.C15H24NO2.C12H18NO2.4CH3Br/c1-4-7-14-19(6-3,13-5-2)15-16-21-18(20)17-11-9-8-10-12-17;1-4-12-18(6-3,13-5-2)14-15-20-17(19)16-10-8-7-9-11-16;1-4-16(5-2,6-3)12-13-18-15(17)14-10-8-7-9-11-14;1-13(2,3)9-10-15-12(14)11-7-5-4-6-8-11;4*1-2/h8-12H,4-7,13-16H2,1-3H3;7-11H,4-6,12-15H2,1-3H3;7-11H,4-6,12-13H2,1-3H3;4-8H,9-10H2,1-3H3;4*1H3/q4*+1;;;;. The van der Waals surface area contributed by atoms with E-state index < -0.39 is 0 Å². The third-order valence-electron chi connectivity index (χ3n) is 13.9. The highest BCUT2D eigenvalue weighted by Crippen LogP contribution is 2.14. The zero-order valence-electron chi connectivity index (χ0n) is 53.7. The van der Waals surface area contributed by atoms with E-state index in [1.165, 1.54) is 45.2 Å². The second-order valence-electron chi connectivity index (χ2n) is 20.0. The third kappa shape index (κ3) is 39.9. The van der Waals surface area contributed by atoms with Gasteiger partial charge in [0, 0.05) is 0 Å². The number of ether oxygens (including phenoxy) is 4. The van der Waals surface area contributed by atoms with Crippen LogP contribution in [0.2, 0.25) is 0 Å². The molecule has 1 unspecified atom stereocenters. The van der Waals surface area contributed by atoms with Gasteiger partial charge in [-0.3, -0.25) is 0 Å². The van der Waals surface area contributed by atoms with Crippen LogP contribution >= 0.6 is 63.7 Å². The van der Waals surface area contributed by atoms with Gasteiger partial charge in [0.25, 0.3) is 0 Å². The first-order valence-electron chi connectivity index (χ1n) is 29.3. The van der Waals surface area contributed by atoms with Gasteiger partial charge in [0.1, 0.15) is 52.6 Å². The monoisotopic (exact) mass is 1400 g/mol. The van der Waals surface area contributed by atoms with Gasteiger partial charge in [-0.05, 0) is 132 Å². The van der Waals surface area contributed by atoms with E-state index in [1.54, 1.807) is 48.5 Å². The minimum atomic E-state index is -0.246. The third-order valence-corrected chi connectivity index (χ3v) is 13.9. The van der Waals surface area contributed by atoms with Crippen LogP contribution in [0.5, 0.6) is 0 Å². The Labute approximate surface area is 533 Å². The Balaban J connectivity index is -0.000000477. The van der Waals surface area contributed by atoms with E-state index in [2.05, 4.69) is 147 Å². The molecular formula is C66H112Br4N4O8+4.